The van der Waals surface area contributed by atoms with Crippen LogP contribution < -0.4 is 4.74 Å². The van der Waals surface area contributed by atoms with Gasteiger partial charge in [0.15, 0.2) is 5.82 Å². The van der Waals surface area contributed by atoms with Gasteiger partial charge in [0, 0.05) is 24.5 Å². The van der Waals surface area contributed by atoms with Gasteiger partial charge < -0.3 is 14.7 Å². The summed E-state index contributed by atoms with van der Waals surface area (Å²) in [5.74, 6) is 1.22. The van der Waals surface area contributed by atoms with Crippen molar-refractivity contribution in [2.45, 2.75) is 32.0 Å². The minimum Gasteiger partial charge on any atom is -0.489 e. The number of hydrogen-bond donors (Lipinski definition) is 1. The molecule has 0 spiro atoms. The SMILES string of the molecule is CC(O)c1cccc(OC2CCCN(C(=O)c3ccccc3-c3ncccn3)C2)c1. The Morgan fingerprint density at radius 1 is 1.13 bits per heavy atom. The Bertz CT molecular complexity index is 1010. The number of piperidine rings is 1. The standard InChI is InChI=1S/C24H25N3O3/c1-17(28)18-7-4-8-19(15-18)30-20-9-5-14-27(16-20)24(29)22-11-3-2-10-21(22)23-25-12-6-13-26-23/h2-4,6-8,10-13,15,17,20,28H,5,9,14,16H2,1H3. The molecule has 1 aliphatic rings. The van der Waals surface area contributed by atoms with Crippen LogP contribution in [0, 0.1) is 0 Å². The molecule has 1 aromatic heterocycles. The quantitative estimate of drug-likeness (QED) is 0.700. The third-order valence-corrected chi connectivity index (χ3v) is 5.27. The van der Waals surface area contributed by atoms with Gasteiger partial charge >= 0.3 is 0 Å². The molecule has 6 nitrogen and oxygen atoms in total. The lowest BCUT2D eigenvalue weighted by molar-refractivity contribution is 0.0538. The molecular weight excluding hydrogens is 378 g/mol. The zero-order valence-electron chi connectivity index (χ0n) is 16.9. The van der Waals surface area contributed by atoms with Gasteiger partial charge in [-0.3, -0.25) is 4.79 Å². The third-order valence-electron chi connectivity index (χ3n) is 5.27. The number of hydrogen-bond acceptors (Lipinski definition) is 5. The smallest absolute Gasteiger partial charge is 0.254 e. The van der Waals surface area contributed by atoms with Gasteiger partial charge in [-0.15, -0.1) is 0 Å². The van der Waals surface area contributed by atoms with Gasteiger partial charge in [-0.05, 0) is 49.6 Å². The van der Waals surface area contributed by atoms with Crippen LogP contribution >= 0.6 is 0 Å². The predicted molar refractivity (Wildman–Crippen MR) is 114 cm³/mol. The van der Waals surface area contributed by atoms with E-state index in [1.165, 1.54) is 0 Å². The van der Waals surface area contributed by atoms with Gasteiger partial charge in [0.2, 0.25) is 0 Å². The molecule has 1 amide bonds. The van der Waals surface area contributed by atoms with Crippen molar-refractivity contribution in [1.82, 2.24) is 14.9 Å². The number of aromatic nitrogens is 2. The van der Waals surface area contributed by atoms with Crippen molar-refractivity contribution < 1.29 is 14.6 Å². The number of carbonyl (C=O) groups is 1. The molecule has 2 unspecified atom stereocenters. The molecule has 2 aromatic carbocycles. The number of nitrogens with zero attached hydrogens (tertiary/aromatic N) is 3. The number of ether oxygens (including phenoxy) is 1. The zero-order chi connectivity index (χ0) is 20.9. The van der Waals surface area contributed by atoms with Gasteiger partial charge in [-0.2, -0.15) is 0 Å². The fourth-order valence-electron chi connectivity index (χ4n) is 3.73. The van der Waals surface area contributed by atoms with E-state index in [-0.39, 0.29) is 12.0 Å². The molecule has 2 atom stereocenters. The Balaban J connectivity index is 1.50. The van der Waals surface area contributed by atoms with Crippen LogP contribution in [0.2, 0.25) is 0 Å². The zero-order valence-corrected chi connectivity index (χ0v) is 16.9. The first-order valence-corrected chi connectivity index (χ1v) is 10.2. The molecule has 154 valence electrons. The Morgan fingerprint density at radius 2 is 1.93 bits per heavy atom. The van der Waals surface area contributed by atoms with Crippen LogP contribution in [0.5, 0.6) is 5.75 Å². The van der Waals surface area contributed by atoms with E-state index in [9.17, 15) is 9.90 Å². The summed E-state index contributed by atoms with van der Waals surface area (Å²) in [7, 11) is 0. The van der Waals surface area contributed by atoms with Crippen LogP contribution in [0.1, 0.15) is 41.8 Å². The Hall–Kier alpha value is -3.25. The molecule has 0 radical (unpaired) electrons. The molecule has 1 fully saturated rings. The summed E-state index contributed by atoms with van der Waals surface area (Å²) < 4.78 is 6.15. The van der Waals surface area contributed by atoms with Crippen molar-refractivity contribution in [2.24, 2.45) is 0 Å². The fraction of sp³-hybridized carbons (Fsp3) is 0.292. The number of likely N-dealkylation sites (tertiary alicyclic amines) is 1. The number of carbonyl (C=O) groups excluding carboxylic acids is 1. The van der Waals surface area contributed by atoms with Gasteiger partial charge in [-0.1, -0.05) is 30.3 Å². The number of aliphatic hydroxyl groups is 1. The molecule has 6 heteroatoms. The van der Waals surface area contributed by atoms with E-state index in [1.54, 1.807) is 25.4 Å². The fourth-order valence-corrected chi connectivity index (χ4v) is 3.73. The highest BCUT2D eigenvalue weighted by Crippen LogP contribution is 2.25. The lowest BCUT2D eigenvalue weighted by Crippen LogP contribution is -2.44. The maximum absolute atomic E-state index is 13.3. The maximum atomic E-state index is 13.3. The number of aliphatic hydroxyl groups excluding tert-OH is 1. The second-order valence-electron chi connectivity index (χ2n) is 7.50. The average molecular weight is 403 g/mol. The van der Waals surface area contributed by atoms with E-state index in [4.69, 9.17) is 4.74 Å². The average Bonchev–Trinajstić information content (AvgIpc) is 2.79. The largest absolute Gasteiger partial charge is 0.489 e. The highest BCUT2D eigenvalue weighted by Gasteiger charge is 2.27. The Morgan fingerprint density at radius 3 is 2.73 bits per heavy atom. The van der Waals surface area contributed by atoms with E-state index < -0.39 is 6.10 Å². The summed E-state index contributed by atoms with van der Waals surface area (Å²) in [5, 5.41) is 9.80. The summed E-state index contributed by atoms with van der Waals surface area (Å²) in [4.78, 5) is 23.8. The Kier molecular flexibility index (Phi) is 6.05. The van der Waals surface area contributed by atoms with Crippen LogP contribution in [0.4, 0.5) is 0 Å². The summed E-state index contributed by atoms with van der Waals surface area (Å²) in [6.07, 6.45) is 4.47. The van der Waals surface area contributed by atoms with Gasteiger partial charge in [0.25, 0.3) is 5.91 Å². The van der Waals surface area contributed by atoms with E-state index in [1.807, 2.05) is 53.4 Å². The lowest BCUT2D eigenvalue weighted by atomic mass is 10.0. The summed E-state index contributed by atoms with van der Waals surface area (Å²) in [5.41, 5.74) is 2.14. The molecule has 0 saturated carbocycles. The minimum absolute atomic E-state index is 0.0379. The summed E-state index contributed by atoms with van der Waals surface area (Å²) >= 11 is 0. The first kappa shape index (κ1) is 20.0. The predicted octanol–water partition coefficient (Wildman–Crippen LogP) is 3.88. The molecule has 4 rings (SSSR count). The van der Waals surface area contributed by atoms with Crippen LogP contribution in [0.3, 0.4) is 0 Å². The maximum Gasteiger partial charge on any atom is 0.254 e. The lowest BCUT2D eigenvalue weighted by Gasteiger charge is -2.33. The molecule has 0 aliphatic carbocycles. The third kappa shape index (κ3) is 4.49. The molecule has 0 bridgehead atoms. The van der Waals surface area contributed by atoms with Crippen LogP contribution in [0.25, 0.3) is 11.4 Å². The molecule has 2 heterocycles. The van der Waals surface area contributed by atoms with E-state index >= 15 is 0 Å². The second kappa shape index (κ2) is 9.05. The van der Waals surface area contributed by atoms with Crippen molar-refractivity contribution in [3.8, 4) is 17.1 Å². The van der Waals surface area contributed by atoms with Gasteiger partial charge in [-0.25, -0.2) is 9.97 Å². The monoisotopic (exact) mass is 403 g/mol. The second-order valence-corrected chi connectivity index (χ2v) is 7.50. The van der Waals surface area contributed by atoms with Gasteiger partial charge in [0.05, 0.1) is 18.2 Å². The van der Waals surface area contributed by atoms with Crippen molar-refractivity contribution >= 4 is 5.91 Å². The first-order chi connectivity index (χ1) is 14.6. The minimum atomic E-state index is -0.547. The highest BCUT2D eigenvalue weighted by molar-refractivity contribution is 6.00. The van der Waals surface area contributed by atoms with Crippen molar-refractivity contribution in [1.29, 1.82) is 0 Å². The summed E-state index contributed by atoms with van der Waals surface area (Å²) in [6, 6.07) is 16.7. The first-order valence-electron chi connectivity index (χ1n) is 10.2. The molecule has 1 N–H and O–H groups in total. The van der Waals surface area contributed by atoms with Crippen molar-refractivity contribution in [3.63, 3.8) is 0 Å². The van der Waals surface area contributed by atoms with E-state index in [0.29, 0.717) is 30.2 Å². The highest BCUT2D eigenvalue weighted by atomic mass is 16.5. The van der Waals surface area contributed by atoms with Crippen LogP contribution in [0.15, 0.2) is 67.0 Å². The van der Waals surface area contributed by atoms with E-state index in [2.05, 4.69) is 9.97 Å². The summed E-state index contributed by atoms with van der Waals surface area (Å²) in [6.45, 7) is 2.94. The molecule has 3 aromatic rings. The molecule has 30 heavy (non-hydrogen) atoms. The number of rotatable bonds is 5. The topological polar surface area (TPSA) is 75.6 Å². The Labute approximate surface area is 176 Å². The molecule has 1 saturated heterocycles. The van der Waals surface area contributed by atoms with Crippen LogP contribution in [-0.4, -0.2) is 45.1 Å². The van der Waals surface area contributed by atoms with E-state index in [0.717, 1.165) is 24.0 Å². The normalized spacial score (nSPS) is 17.4. The number of amides is 1. The molecular formula is C24H25N3O3. The van der Waals surface area contributed by atoms with Gasteiger partial charge in [0.1, 0.15) is 11.9 Å². The van der Waals surface area contributed by atoms with Crippen LogP contribution in [-0.2, 0) is 0 Å². The molecule has 1 aliphatic heterocycles. The van der Waals surface area contributed by atoms with Crippen molar-refractivity contribution in [3.05, 3.63) is 78.1 Å². The van der Waals surface area contributed by atoms with Crippen molar-refractivity contribution in [2.75, 3.05) is 13.1 Å². The number of benzene rings is 2.